The van der Waals surface area contributed by atoms with Crippen LogP contribution in [-0.2, 0) is 61.2 Å². The molecule has 0 amide bonds. The molecule has 18 atom stereocenters. The molecule has 18 unspecified atom stereocenters. The van der Waals surface area contributed by atoms with E-state index in [1.54, 1.807) is 0 Å². The van der Waals surface area contributed by atoms with Gasteiger partial charge in [-0.15, -0.1) is 0 Å². The fourth-order valence-electron chi connectivity index (χ4n) is 12.4. The quantitative estimate of drug-likeness (QED) is 0.00886. The molecule has 2 heterocycles. The second kappa shape index (κ2) is 53.5. The average molecular weight is 1400 g/mol. The summed E-state index contributed by atoms with van der Waals surface area (Å²) in [5.74, 6) is -2.00. The van der Waals surface area contributed by atoms with E-state index in [9.17, 15) is 74.9 Å². The Bertz CT molecular complexity index is 2040. The van der Waals surface area contributed by atoms with Crippen molar-refractivity contribution in [3.05, 3.63) is 12.2 Å². The molecule has 96 heavy (non-hydrogen) atoms. The summed E-state index contributed by atoms with van der Waals surface area (Å²) in [5, 5.41) is 110. The van der Waals surface area contributed by atoms with E-state index in [0.717, 1.165) is 96.3 Å². The SMILES string of the molecule is CCCCCCCCC/C=C\CCCCCC(=O)OCC1OC(OC2C(O)C(O)C(O)C(OC3OC(CO)C(O)C(O)C3O)C2OP(=O)(O)OCC(COC(=O)CCCCCCCCCCCCC)OC(=O)CCCCCCCCCCCCCCCCCC)C(O)C(O)C1O. The molecule has 3 fully saturated rings. The Morgan fingerprint density at radius 1 is 0.396 bits per heavy atom. The molecule has 24 nitrogen and oxygen atoms in total. The smallest absolute Gasteiger partial charge is 0.463 e. The predicted molar refractivity (Wildman–Crippen MR) is 361 cm³/mol. The lowest BCUT2D eigenvalue weighted by Gasteiger charge is -2.49. The van der Waals surface area contributed by atoms with Gasteiger partial charge in [0.25, 0.3) is 0 Å². The number of phosphoric ester groups is 1. The number of hydrogen-bond donors (Lipinski definition) is 11. The Hall–Kier alpha value is -2.30. The number of carbonyl (C=O) groups excluding carboxylic acids is 3. The Morgan fingerprint density at radius 3 is 1.14 bits per heavy atom. The summed E-state index contributed by atoms with van der Waals surface area (Å²) in [4.78, 5) is 50.9. The minimum atomic E-state index is -5.69. The Balaban J connectivity index is 1.74. The van der Waals surface area contributed by atoms with Crippen molar-refractivity contribution in [2.75, 3.05) is 26.4 Å². The van der Waals surface area contributed by atoms with E-state index in [2.05, 4.69) is 32.9 Å². The van der Waals surface area contributed by atoms with E-state index < -0.39 is 156 Å². The fourth-order valence-corrected chi connectivity index (χ4v) is 13.4. The van der Waals surface area contributed by atoms with Gasteiger partial charge in [0.1, 0.15) is 98.7 Å². The van der Waals surface area contributed by atoms with Crippen LogP contribution in [0.4, 0.5) is 0 Å². The summed E-state index contributed by atoms with van der Waals surface area (Å²) < 4.78 is 64.9. The first-order chi connectivity index (χ1) is 46.3. The molecule has 1 saturated carbocycles. The molecule has 0 spiro atoms. The summed E-state index contributed by atoms with van der Waals surface area (Å²) in [6, 6.07) is 0. The van der Waals surface area contributed by atoms with Crippen molar-refractivity contribution in [2.24, 2.45) is 0 Å². The molecule has 3 rings (SSSR count). The van der Waals surface area contributed by atoms with E-state index in [4.69, 9.17) is 42.2 Å². The topological polar surface area (TPSA) is 374 Å². The number of rotatable bonds is 58. The predicted octanol–water partition coefficient (Wildman–Crippen LogP) is 9.96. The summed E-state index contributed by atoms with van der Waals surface area (Å²) in [5.41, 5.74) is 0. The van der Waals surface area contributed by atoms with Crippen LogP contribution >= 0.6 is 7.82 Å². The second-order valence-electron chi connectivity index (χ2n) is 27.0. The fraction of sp³-hybridized carbons (Fsp3) is 0.930. The third-order valence-electron chi connectivity index (χ3n) is 18.5. The summed E-state index contributed by atoms with van der Waals surface area (Å²) >= 11 is 0. The third-order valence-corrected chi connectivity index (χ3v) is 19.5. The molecule has 564 valence electrons. The van der Waals surface area contributed by atoms with Crippen molar-refractivity contribution in [1.82, 2.24) is 0 Å². The normalized spacial score (nSPS) is 28.0. The largest absolute Gasteiger partial charge is 0.472 e. The molecule has 0 radical (unpaired) electrons. The summed E-state index contributed by atoms with van der Waals surface area (Å²) in [6.07, 6.45) is 11.5. The third kappa shape index (κ3) is 36.5. The minimum Gasteiger partial charge on any atom is -0.463 e. The van der Waals surface area contributed by atoms with Crippen LogP contribution < -0.4 is 0 Å². The number of carbonyl (C=O) groups is 3. The van der Waals surface area contributed by atoms with Crippen molar-refractivity contribution < 1.29 is 117 Å². The number of aliphatic hydroxyl groups excluding tert-OH is 10. The number of allylic oxidation sites excluding steroid dienone is 2. The van der Waals surface area contributed by atoms with Gasteiger partial charge in [0.2, 0.25) is 0 Å². The molecule has 2 aliphatic heterocycles. The monoisotopic (exact) mass is 1400 g/mol. The lowest BCUT2D eigenvalue weighted by molar-refractivity contribution is -0.360. The molecule has 1 aliphatic carbocycles. The molecule has 11 N–H and O–H groups in total. The van der Waals surface area contributed by atoms with Crippen LogP contribution in [0.2, 0.25) is 0 Å². The molecule has 0 aromatic rings. The Morgan fingerprint density at radius 2 is 0.729 bits per heavy atom. The molecule has 0 aromatic carbocycles. The zero-order valence-corrected chi connectivity index (χ0v) is 59.6. The molecule has 0 bridgehead atoms. The highest BCUT2D eigenvalue weighted by Gasteiger charge is 2.58. The van der Waals surface area contributed by atoms with Gasteiger partial charge in [-0.1, -0.05) is 238 Å². The summed E-state index contributed by atoms with van der Waals surface area (Å²) in [6.45, 7) is 3.43. The van der Waals surface area contributed by atoms with Gasteiger partial charge in [-0.25, -0.2) is 4.57 Å². The van der Waals surface area contributed by atoms with Crippen molar-refractivity contribution in [1.29, 1.82) is 0 Å². The van der Waals surface area contributed by atoms with Gasteiger partial charge in [0.15, 0.2) is 18.7 Å². The van der Waals surface area contributed by atoms with E-state index in [1.165, 1.54) is 135 Å². The average Bonchev–Trinajstić information content (AvgIpc) is 0.763. The molecule has 3 aliphatic rings. The zero-order chi connectivity index (χ0) is 70.4. The minimum absolute atomic E-state index is 0.00960. The molecular weight excluding hydrogens is 1270 g/mol. The number of esters is 3. The van der Waals surface area contributed by atoms with Crippen molar-refractivity contribution in [2.45, 2.75) is 395 Å². The molecular formula is C71H131O24P. The van der Waals surface area contributed by atoms with E-state index in [0.29, 0.717) is 19.3 Å². The molecule has 25 heteroatoms. The van der Waals surface area contributed by atoms with E-state index in [1.807, 2.05) is 0 Å². The van der Waals surface area contributed by atoms with Crippen LogP contribution in [0.1, 0.15) is 290 Å². The number of phosphoric acid groups is 1. The maximum absolute atomic E-state index is 14.3. The van der Waals surface area contributed by atoms with Crippen LogP contribution in [0.25, 0.3) is 0 Å². The highest BCUT2D eigenvalue weighted by molar-refractivity contribution is 7.47. The standard InChI is InChI=1S/C71H131O24P/c1-4-7-10-13-16-19-22-24-26-27-29-32-35-38-41-44-47-57(75)90-52(49-87-55(73)45-42-39-36-33-30-21-18-15-12-9-6-3)50-89-96(85,86)95-69-67(93-70-65(83)60(78)58(76)53(48-72)91-70)63(81)62(80)64(82)68(69)94-71-66(84)61(79)59(77)54(92-71)51-88-56(74)46-43-40-37-34-31-28-25-23-20-17-14-11-8-5-2/h28,31,52-54,58-72,76-84H,4-27,29-30,32-51H2,1-3H3,(H,85,86)/b31-28-. The summed E-state index contributed by atoms with van der Waals surface area (Å²) in [7, 11) is -5.69. The maximum Gasteiger partial charge on any atom is 0.472 e. The molecule has 0 aromatic heterocycles. The van der Waals surface area contributed by atoms with Crippen molar-refractivity contribution >= 4 is 25.7 Å². The second-order valence-corrected chi connectivity index (χ2v) is 28.4. The van der Waals surface area contributed by atoms with Gasteiger partial charge >= 0.3 is 25.7 Å². The van der Waals surface area contributed by atoms with Crippen LogP contribution in [0.5, 0.6) is 0 Å². The maximum atomic E-state index is 14.3. The Kier molecular flexibility index (Phi) is 49.0. The van der Waals surface area contributed by atoms with Gasteiger partial charge in [0.05, 0.1) is 13.2 Å². The first kappa shape index (κ1) is 87.9. The first-order valence-corrected chi connectivity index (χ1v) is 39.0. The number of unbranched alkanes of at least 4 members (excludes halogenated alkanes) is 35. The lowest BCUT2D eigenvalue weighted by Crippen LogP contribution is -2.69. The number of aliphatic hydroxyl groups is 10. The van der Waals surface area contributed by atoms with E-state index >= 15 is 0 Å². The van der Waals surface area contributed by atoms with Crippen LogP contribution in [0, 0.1) is 0 Å². The first-order valence-electron chi connectivity index (χ1n) is 37.5. The van der Waals surface area contributed by atoms with Gasteiger partial charge in [-0.3, -0.25) is 23.4 Å². The van der Waals surface area contributed by atoms with E-state index in [-0.39, 0.29) is 19.3 Å². The van der Waals surface area contributed by atoms with Crippen LogP contribution in [0.15, 0.2) is 12.2 Å². The number of hydrogen-bond acceptors (Lipinski definition) is 23. The number of ether oxygens (including phenoxy) is 7. The van der Waals surface area contributed by atoms with Crippen molar-refractivity contribution in [3.8, 4) is 0 Å². The van der Waals surface area contributed by atoms with Crippen LogP contribution in [0.3, 0.4) is 0 Å². The highest BCUT2D eigenvalue weighted by atomic mass is 31.2. The highest BCUT2D eigenvalue weighted by Crippen LogP contribution is 2.49. The zero-order valence-electron chi connectivity index (χ0n) is 58.7. The van der Waals surface area contributed by atoms with Gasteiger partial charge in [-0.2, -0.15) is 0 Å². The lowest BCUT2D eigenvalue weighted by atomic mass is 9.84. The van der Waals surface area contributed by atoms with Crippen molar-refractivity contribution in [3.63, 3.8) is 0 Å². The Labute approximate surface area is 573 Å². The molecule has 2 saturated heterocycles. The van der Waals surface area contributed by atoms with Crippen LogP contribution in [-0.4, -0.2) is 204 Å². The van der Waals surface area contributed by atoms with Gasteiger partial charge in [-0.05, 0) is 44.9 Å². The van der Waals surface area contributed by atoms with Gasteiger partial charge in [0, 0.05) is 19.3 Å². The van der Waals surface area contributed by atoms with Gasteiger partial charge < -0.3 is 89.1 Å².